The Kier molecular flexibility index (Phi) is 7.29. The molecule has 25 heavy (non-hydrogen) atoms. The van der Waals surface area contributed by atoms with Crippen LogP contribution in [0.3, 0.4) is 0 Å². The van der Waals surface area contributed by atoms with Gasteiger partial charge in [0.15, 0.2) is 0 Å². The fourth-order valence-corrected chi connectivity index (χ4v) is 3.22. The lowest BCUT2D eigenvalue weighted by atomic mass is 10.1. The number of carbonyl (C=O) groups is 2. The van der Waals surface area contributed by atoms with Crippen LogP contribution in [-0.4, -0.2) is 31.5 Å². The Bertz CT molecular complexity index is 588. The summed E-state index contributed by atoms with van der Waals surface area (Å²) in [6, 6.07) is 7.55. The van der Waals surface area contributed by atoms with Gasteiger partial charge in [0.2, 0.25) is 11.8 Å². The average molecular weight is 346 g/mol. The molecule has 138 valence electrons. The van der Waals surface area contributed by atoms with Crippen LogP contribution in [0.25, 0.3) is 0 Å². The van der Waals surface area contributed by atoms with Crippen LogP contribution in [0.4, 0.5) is 5.69 Å². The minimum atomic E-state index is -0.281. The number of carbonyl (C=O) groups excluding carboxylic acids is 2. The van der Waals surface area contributed by atoms with E-state index in [1.807, 2.05) is 31.2 Å². The largest absolute Gasteiger partial charge is 0.497 e. The first-order valence-electron chi connectivity index (χ1n) is 9.30. The van der Waals surface area contributed by atoms with Crippen LogP contribution in [0.1, 0.15) is 52.4 Å². The molecule has 5 nitrogen and oxygen atoms in total. The number of benzene rings is 1. The zero-order valence-corrected chi connectivity index (χ0v) is 15.6. The van der Waals surface area contributed by atoms with E-state index in [1.54, 1.807) is 12.0 Å². The molecule has 0 bridgehead atoms. The fourth-order valence-electron chi connectivity index (χ4n) is 3.22. The molecule has 5 heteroatoms. The van der Waals surface area contributed by atoms with Gasteiger partial charge in [0.1, 0.15) is 5.75 Å². The smallest absolute Gasteiger partial charge is 0.227 e. The highest BCUT2D eigenvalue weighted by molar-refractivity contribution is 6.00. The molecule has 2 amide bonds. The molecule has 0 aliphatic carbocycles. The number of anilines is 1. The number of hydrogen-bond acceptors (Lipinski definition) is 3. The predicted octanol–water partition coefficient (Wildman–Crippen LogP) is 3.52. The minimum Gasteiger partial charge on any atom is -0.497 e. The SMILES string of the molecule is CCCCCC[C@H](C)NC(=O)[C@@H]1CC(=O)N(c2cccc(OC)c2)C1. The number of ether oxygens (including phenoxy) is 1. The van der Waals surface area contributed by atoms with Crippen molar-refractivity contribution < 1.29 is 14.3 Å². The summed E-state index contributed by atoms with van der Waals surface area (Å²) in [5.41, 5.74) is 0.785. The monoisotopic (exact) mass is 346 g/mol. The van der Waals surface area contributed by atoms with Crippen LogP contribution < -0.4 is 15.0 Å². The standard InChI is InChI=1S/C20H30N2O3/c1-4-5-6-7-9-15(2)21-20(24)16-12-19(23)22(14-16)17-10-8-11-18(13-17)25-3/h8,10-11,13,15-16H,4-7,9,12,14H2,1-3H3,(H,21,24)/t15-,16+/m0/s1. The summed E-state index contributed by atoms with van der Waals surface area (Å²) in [6.45, 7) is 4.66. The van der Waals surface area contributed by atoms with Gasteiger partial charge in [-0.15, -0.1) is 0 Å². The van der Waals surface area contributed by atoms with E-state index < -0.39 is 0 Å². The zero-order chi connectivity index (χ0) is 18.2. The molecule has 1 aliphatic rings. The second kappa shape index (κ2) is 9.44. The third-order valence-corrected chi connectivity index (χ3v) is 4.74. The maximum absolute atomic E-state index is 12.5. The maximum atomic E-state index is 12.5. The van der Waals surface area contributed by atoms with Crippen molar-refractivity contribution in [3.63, 3.8) is 0 Å². The number of hydrogen-bond donors (Lipinski definition) is 1. The second-order valence-corrected chi connectivity index (χ2v) is 6.87. The van der Waals surface area contributed by atoms with Crippen molar-refractivity contribution >= 4 is 17.5 Å². The molecular formula is C20H30N2O3. The fraction of sp³-hybridized carbons (Fsp3) is 0.600. The number of nitrogens with one attached hydrogen (secondary N) is 1. The molecule has 1 heterocycles. The van der Waals surface area contributed by atoms with Crippen molar-refractivity contribution in [1.82, 2.24) is 5.32 Å². The highest BCUT2D eigenvalue weighted by Gasteiger charge is 2.35. The molecule has 0 unspecified atom stereocenters. The van der Waals surface area contributed by atoms with Gasteiger partial charge in [0.25, 0.3) is 0 Å². The molecular weight excluding hydrogens is 316 g/mol. The summed E-state index contributed by atoms with van der Waals surface area (Å²) < 4.78 is 5.21. The van der Waals surface area contributed by atoms with Crippen LogP contribution in [0.15, 0.2) is 24.3 Å². The van der Waals surface area contributed by atoms with Crippen molar-refractivity contribution in [3.8, 4) is 5.75 Å². The number of rotatable bonds is 9. The van der Waals surface area contributed by atoms with E-state index in [1.165, 1.54) is 19.3 Å². The number of unbranched alkanes of at least 4 members (excludes halogenated alkanes) is 3. The van der Waals surface area contributed by atoms with E-state index >= 15 is 0 Å². The van der Waals surface area contributed by atoms with E-state index in [9.17, 15) is 9.59 Å². The Morgan fingerprint density at radius 2 is 2.16 bits per heavy atom. The van der Waals surface area contributed by atoms with Crippen molar-refractivity contribution in [3.05, 3.63) is 24.3 Å². The molecule has 1 aromatic carbocycles. The van der Waals surface area contributed by atoms with E-state index in [2.05, 4.69) is 12.2 Å². The number of nitrogens with zero attached hydrogens (tertiary/aromatic N) is 1. The van der Waals surface area contributed by atoms with Gasteiger partial charge in [-0.05, 0) is 25.5 Å². The van der Waals surface area contributed by atoms with Crippen LogP contribution >= 0.6 is 0 Å². The van der Waals surface area contributed by atoms with Crippen LogP contribution in [0.5, 0.6) is 5.75 Å². The lowest BCUT2D eigenvalue weighted by Crippen LogP contribution is -2.38. The normalized spacial score (nSPS) is 18.3. The number of amides is 2. The molecule has 0 radical (unpaired) electrons. The molecule has 0 spiro atoms. The van der Waals surface area contributed by atoms with Gasteiger partial charge in [-0.25, -0.2) is 0 Å². The summed E-state index contributed by atoms with van der Waals surface area (Å²) >= 11 is 0. The first kappa shape index (κ1) is 19.3. The third-order valence-electron chi connectivity index (χ3n) is 4.74. The summed E-state index contributed by atoms with van der Waals surface area (Å²) in [5, 5.41) is 3.07. The summed E-state index contributed by atoms with van der Waals surface area (Å²) in [6.07, 6.45) is 6.06. The Labute approximate surface area is 150 Å². The second-order valence-electron chi connectivity index (χ2n) is 6.87. The van der Waals surface area contributed by atoms with Crippen LogP contribution in [-0.2, 0) is 9.59 Å². The first-order valence-corrected chi connectivity index (χ1v) is 9.30. The lowest BCUT2D eigenvalue weighted by molar-refractivity contribution is -0.126. The van der Waals surface area contributed by atoms with Crippen molar-refractivity contribution in [2.24, 2.45) is 5.92 Å². The Hall–Kier alpha value is -2.04. The quantitative estimate of drug-likeness (QED) is 0.696. The summed E-state index contributed by atoms with van der Waals surface area (Å²) in [7, 11) is 1.60. The average Bonchev–Trinajstić information content (AvgIpc) is 3.01. The van der Waals surface area contributed by atoms with Crippen molar-refractivity contribution in [2.45, 2.75) is 58.4 Å². The van der Waals surface area contributed by atoms with Crippen molar-refractivity contribution in [1.29, 1.82) is 0 Å². The topological polar surface area (TPSA) is 58.6 Å². The highest BCUT2D eigenvalue weighted by Crippen LogP contribution is 2.28. The van der Waals surface area contributed by atoms with E-state index in [-0.39, 0.29) is 30.2 Å². The molecule has 2 atom stereocenters. The molecule has 1 aromatic rings. The molecule has 2 rings (SSSR count). The van der Waals surface area contributed by atoms with Crippen molar-refractivity contribution in [2.75, 3.05) is 18.6 Å². The third kappa shape index (κ3) is 5.48. The van der Waals surface area contributed by atoms with Crippen LogP contribution in [0, 0.1) is 5.92 Å². The highest BCUT2D eigenvalue weighted by atomic mass is 16.5. The Balaban J connectivity index is 1.87. The summed E-state index contributed by atoms with van der Waals surface area (Å²) in [5.74, 6) is 0.404. The van der Waals surface area contributed by atoms with Gasteiger partial charge in [-0.1, -0.05) is 38.7 Å². The predicted molar refractivity (Wildman–Crippen MR) is 99.8 cm³/mol. The van der Waals surface area contributed by atoms with E-state index in [4.69, 9.17) is 4.74 Å². The molecule has 1 N–H and O–H groups in total. The molecule has 1 saturated heterocycles. The van der Waals surface area contributed by atoms with Gasteiger partial charge in [0, 0.05) is 30.8 Å². The molecule has 1 aliphatic heterocycles. The zero-order valence-electron chi connectivity index (χ0n) is 15.6. The summed E-state index contributed by atoms with van der Waals surface area (Å²) in [4.78, 5) is 26.5. The van der Waals surface area contributed by atoms with E-state index in [0.717, 1.165) is 18.5 Å². The van der Waals surface area contributed by atoms with Gasteiger partial charge in [-0.2, -0.15) is 0 Å². The van der Waals surface area contributed by atoms with Gasteiger partial charge in [0.05, 0.1) is 13.0 Å². The molecule has 0 aromatic heterocycles. The Morgan fingerprint density at radius 3 is 2.88 bits per heavy atom. The van der Waals surface area contributed by atoms with E-state index in [0.29, 0.717) is 12.3 Å². The van der Waals surface area contributed by atoms with Gasteiger partial charge in [-0.3, -0.25) is 9.59 Å². The van der Waals surface area contributed by atoms with Gasteiger partial charge < -0.3 is 15.0 Å². The Morgan fingerprint density at radius 1 is 1.36 bits per heavy atom. The maximum Gasteiger partial charge on any atom is 0.227 e. The molecule has 0 saturated carbocycles. The first-order chi connectivity index (χ1) is 12.0. The molecule has 1 fully saturated rings. The minimum absolute atomic E-state index is 0.0102. The number of methoxy groups -OCH3 is 1. The lowest BCUT2D eigenvalue weighted by Gasteiger charge is -2.19. The van der Waals surface area contributed by atoms with Gasteiger partial charge >= 0.3 is 0 Å². The van der Waals surface area contributed by atoms with Crippen LogP contribution in [0.2, 0.25) is 0 Å².